The maximum atomic E-state index is 6.23. The SMILES string of the molecule is CC1(C)Cc2c(c(N3CCOCC3)nc3sc4nnc(N5CCCCC5)nc4c23)CO1. The Hall–Kier alpha value is -2.10. The summed E-state index contributed by atoms with van der Waals surface area (Å²) in [6.07, 6.45) is 4.51. The van der Waals surface area contributed by atoms with Gasteiger partial charge in [-0.25, -0.2) is 9.97 Å². The number of aromatic nitrogens is 4. The monoisotopic (exact) mass is 440 g/mol. The van der Waals surface area contributed by atoms with E-state index in [0.29, 0.717) is 6.61 Å². The molecule has 3 aliphatic heterocycles. The van der Waals surface area contributed by atoms with E-state index >= 15 is 0 Å². The van der Waals surface area contributed by atoms with Crippen LogP contribution in [0.4, 0.5) is 11.8 Å². The molecule has 9 heteroatoms. The van der Waals surface area contributed by atoms with Crippen molar-refractivity contribution in [2.24, 2.45) is 0 Å². The highest BCUT2D eigenvalue weighted by Crippen LogP contribution is 2.42. The van der Waals surface area contributed by atoms with Crippen LogP contribution in [-0.4, -0.2) is 65.2 Å². The maximum Gasteiger partial charge on any atom is 0.246 e. The first-order valence-corrected chi connectivity index (χ1v) is 12.1. The molecule has 3 aliphatic rings. The third-order valence-corrected chi connectivity index (χ3v) is 7.55. The Morgan fingerprint density at radius 3 is 2.48 bits per heavy atom. The molecular weight excluding hydrogens is 412 g/mol. The smallest absolute Gasteiger partial charge is 0.246 e. The summed E-state index contributed by atoms with van der Waals surface area (Å²) in [5.41, 5.74) is 3.25. The van der Waals surface area contributed by atoms with Crippen LogP contribution in [0.5, 0.6) is 0 Å². The molecule has 0 saturated carbocycles. The van der Waals surface area contributed by atoms with E-state index in [9.17, 15) is 0 Å². The number of morpholine rings is 1. The minimum absolute atomic E-state index is 0.214. The molecule has 6 rings (SSSR count). The summed E-state index contributed by atoms with van der Waals surface area (Å²) in [6.45, 7) is 10.1. The van der Waals surface area contributed by atoms with Gasteiger partial charge < -0.3 is 19.3 Å². The summed E-state index contributed by atoms with van der Waals surface area (Å²) in [4.78, 5) is 16.6. The lowest BCUT2D eigenvalue weighted by atomic mass is 9.90. The molecule has 0 aliphatic carbocycles. The molecule has 0 N–H and O–H groups in total. The molecule has 0 radical (unpaired) electrons. The first-order valence-electron chi connectivity index (χ1n) is 11.3. The molecule has 31 heavy (non-hydrogen) atoms. The standard InChI is InChI=1S/C22H28N6O2S/c1-22(2)12-14-15(13-30-22)18(27-8-10-29-11-9-27)24-19-16(14)17-20(31-19)25-26-21(23-17)28-6-4-3-5-7-28/h3-13H2,1-2H3. The topological polar surface area (TPSA) is 76.5 Å². The van der Waals surface area contributed by atoms with E-state index in [2.05, 4.69) is 33.8 Å². The molecule has 8 nitrogen and oxygen atoms in total. The second-order valence-electron chi connectivity index (χ2n) is 9.31. The van der Waals surface area contributed by atoms with Crippen molar-refractivity contribution in [1.29, 1.82) is 0 Å². The number of hydrogen-bond donors (Lipinski definition) is 0. The Morgan fingerprint density at radius 1 is 0.871 bits per heavy atom. The molecule has 0 aromatic carbocycles. The molecular formula is C22H28N6O2S. The van der Waals surface area contributed by atoms with E-state index in [0.717, 1.165) is 78.1 Å². The van der Waals surface area contributed by atoms with Gasteiger partial charge in [0.25, 0.3) is 0 Å². The van der Waals surface area contributed by atoms with Gasteiger partial charge in [-0.05, 0) is 38.7 Å². The Morgan fingerprint density at radius 2 is 1.68 bits per heavy atom. The number of rotatable bonds is 2. The van der Waals surface area contributed by atoms with E-state index in [4.69, 9.17) is 19.4 Å². The minimum atomic E-state index is -0.214. The number of thiophene rings is 1. The van der Waals surface area contributed by atoms with Crippen LogP contribution >= 0.6 is 11.3 Å². The quantitative estimate of drug-likeness (QED) is 0.601. The number of hydrogen-bond acceptors (Lipinski definition) is 9. The normalized spacial score (nSPS) is 21.6. The van der Waals surface area contributed by atoms with Crippen LogP contribution in [0.2, 0.25) is 0 Å². The largest absolute Gasteiger partial charge is 0.378 e. The fraction of sp³-hybridized carbons (Fsp3) is 0.636. The predicted molar refractivity (Wildman–Crippen MR) is 122 cm³/mol. The molecule has 0 bridgehead atoms. The number of anilines is 2. The van der Waals surface area contributed by atoms with Gasteiger partial charge in [-0.1, -0.05) is 11.3 Å². The zero-order valence-electron chi connectivity index (χ0n) is 18.2. The Balaban J connectivity index is 1.55. The van der Waals surface area contributed by atoms with Crippen molar-refractivity contribution in [2.75, 3.05) is 49.2 Å². The van der Waals surface area contributed by atoms with Crippen molar-refractivity contribution in [3.05, 3.63) is 11.1 Å². The molecule has 2 fully saturated rings. The molecule has 164 valence electrons. The Bertz CT molecular complexity index is 1130. The van der Waals surface area contributed by atoms with Crippen LogP contribution in [0.25, 0.3) is 20.6 Å². The van der Waals surface area contributed by atoms with E-state index < -0.39 is 0 Å². The first kappa shape index (κ1) is 19.6. The summed E-state index contributed by atoms with van der Waals surface area (Å²) in [6, 6.07) is 0. The fourth-order valence-electron chi connectivity index (χ4n) is 4.94. The minimum Gasteiger partial charge on any atom is -0.378 e. The number of ether oxygens (including phenoxy) is 2. The highest BCUT2D eigenvalue weighted by Gasteiger charge is 2.33. The van der Waals surface area contributed by atoms with Gasteiger partial charge in [0, 0.05) is 43.5 Å². The van der Waals surface area contributed by atoms with Crippen LogP contribution in [0.15, 0.2) is 0 Å². The third kappa shape index (κ3) is 3.43. The lowest BCUT2D eigenvalue weighted by Gasteiger charge is -2.36. The molecule has 3 aromatic rings. The van der Waals surface area contributed by atoms with Gasteiger partial charge in [-0.3, -0.25) is 0 Å². The Labute approximate surface area is 185 Å². The molecule has 0 atom stereocenters. The van der Waals surface area contributed by atoms with Crippen molar-refractivity contribution < 1.29 is 9.47 Å². The van der Waals surface area contributed by atoms with Crippen molar-refractivity contribution in [1.82, 2.24) is 20.2 Å². The molecule has 0 spiro atoms. The molecule has 2 saturated heterocycles. The fourth-order valence-corrected chi connectivity index (χ4v) is 5.90. The Kier molecular flexibility index (Phi) is 4.73. The molecule has 3 aromatic heterocycles. The average molecular weight is 441 g/mol. The van der Waals surface area contributed by atoms with Gasteiger partial charge in [-0.15, -0.1) is 10.2 Å². The zero-order chi connectivity index (χ0) is 21.0. The maximum absolute atomic E-state index is 6.23. The average Bonchev–Trinajstić information content (AvgIpc) is 3.17. The van der Waals surface area contributed by atoms with Crippen molar-refractivity contribution in [2.45, 2.75) is 51.7 Å². The summed E-state index contributed by atoms with van der Waals surface area (Å²) in [7, 11) is 0. The molecule has 6 heterocycles. The van der Waals surface area contributed by atoms with Crippen molar-refractivity contribution >= 4 is 43.7 Å². The lowest BCUT2D eigenvalue weighted by molar-refractivity contribution is -0.0396. The van der Waals surface area contributed by atoms with E-state index in [-0.39, 0.29) is 5.60 Å². The molecule has 0 amide bonds. The van der Waals surface area contributed by atoms with Gasteiger partial charge in [0.05, 0.1) is 25.4 Å². The first-order chi connectivity index (χ1) is 15.1. The number of nitrogens with zero attached hydrogens (tertiary/aromatic N) is 6. The van der Waals surface area contributed by atoms with Gasteiger partial charge >= 0.3 is 0 Å². The number of piperidine rings is 1. The van der Waals surface area contributed by atoms with Gasteiger partial charge in [0.2, 0.25) is 5.95 Å². The second-order valence-corrected chi connectivity index (χ2v) is 10.3. The summed E-state index contributed by atoms with van der Waals surface area (Å²) >= 11 is 1.60. The highest BCUT2D eigenvalue weighted by atomic mass is 32.1. The highest BCUT2D eigenvalue weighted by molar-refractivity contribution is 7.25. The second kappa shape index (κ2) is 7.50. The third-order valence-electron chi connectivity index (χ3n) is 6.59. The van der Waals surface area contributed by atoms with Crippen LogP contribution in [0, 0.1) is 0 Å². The van der Waals surface area contributed by atoms with Crippen molar-refractivity contribution in [3.8, 4) is 0 Å². The van der Waals surface area contributed by atoms with E-state index in [1.807, 2.05) is 0 Å². The van der Waals surface area contributed by atoms with Crippen LogP contribution in [-0.2, 0) is 22.5 Å². The summed E-state index contributed by atoms with van der Waals surface area (Å²) < 4.78 is 11.8. The van der Waals surface area contributed by atoms with Gasteiger partial charge in [-0.2, -0.15) is 0 Å². The van der Waals surface area contributed by atoms with Crippen molar-refractivity contribution in [3.63, 3.8) is 0 Å². The van der Waals surface area contributed by atoms with Gasteiger partial charge in [0.15, 0.2) is 4.83 Å². The summed E-state index contributed by atoms with van der Waals surface area (Å²) in [5, 5.41) is 10.2. The summed E-state index contributed by atoms with van der Waals surface area (Å²) in [5.74, 6) is 1.79. The van der Waals surface area contributed by atoms with Crippen LogP contribution < -0.4 is 9.80 Å². The predicted octanol–water partition coefficient (Wildman–Crippen LogP) is 3.31. The molecule has 0 unspecified atom stereocenters. The lowest BCUT2D eigenvalue weighted by Crippen LogP contribution is -2.39. The van der Waals surface area contributed by atoms with E-state index in [1.54, 1.807) is 11.3 Å². The zero-order valence-corrected chi connectivity index (χ0v) is 19.0. The van der Waals surface area contributed by atoms with Crippen LogP contribution in [0.3, 0.4) is 0 Å². The number of fused-ring (bicyclic) bond motifs is 5. The van der Waals surface area contributed by atoms with Crippen LogP contribution in [0.1, 0.15) is 44.2 Å². The number of pyridine rings is 1. The van der Waals surface area contributed by atoms with E-state index in [1.165, 1.54) is 30.4 Å². The van der Waals surface area contributed by atoms with Gasteiger partial charge in [0.1, 0.15) is 16.2 Å².